The molecule has 0 spiro atoms. The first-order chi connectivity index (χ1) is 8.33. The Balaban J connectivity index is -0.000000352. The zero-order valence-corrected chi connectivity index (χ0v) is 17.1. The van der Waals surface area contributed by atoms with E-state index in [1.54, 1.807) is 7.11 Å². The first kappa shape index (κ1) is 25.3. The van der Waals surface area contributed by atoms with Crippen LogP contribution in [0.3, 0.4) is 0 Å². The Kier molecular flexibility index (Phi) is 13.9. The van der Waals surface area contributed by atoms with Crippen LogP contribution in [0.1, 0.15) is 54.4 Å². The molecule has 0 saturated carbocycles. The lowest BCUT2D eigenvalue weighted by Gasteiger charge is -2.32. The van der Waals surface area contributed by atoms with Crippen molar-refractivity contribution in [3.63, 3.8) is 0 Å². The van der Waals surface area contributed by atoms with E-state index in [0.29, 0.717) is 0 Å². The first-order valence-corrected chi connectivity index (χ1v) is 14.1. The Morgan fingerprint density at radius 2 is 1.30 bits per heavy atom. The van der Waals surface area contributed by atoms with Crippen LogP contribution in [0, 0.1) is 0 Å². The van der Waals surface area contributed by atoms with Crippen LogP contribution < -0.4 is 0 Å². The van der Waals surface area contributed by atoms with Crippen molar-refractivity contribution in [2.24, 2.45) is 0 Å². The van der Waals surface area contributed by atoms with Gasteiger partial charge in [-0.15, -0.1) is 0 Å². The summed E-state index contributed by atoms with van der Waals surface area (Å²) in [6.07, 6.45) is 4.00. The van der Waals surface area contributed by atoms with E-state index < -0.39 is 16.6 Å². The zero-order valence-electron chi connectivity index (χ0n) is 15.1. The van der Waals surface area contributed by atoms with Crippen molar-refractivity contribution in [1.29, 1.82) is 0 Å². The Bertz CT molecular complexity index is 215. The topological polar surface area (TPSA) is 18.5 Å². The van der Waals surface area contributed by atoms with Gasteiger partial charge in [0.1, 0.15) is 0 Å². The van der Waals surface area contributed by atoms with Gasteiger partial charge in [0, 0.05) is 12.7 Å². The molecule has 126 valence electrons. The summed E-state index contributed by atoms with van der Waals surface area (Å²) in [5.74, 6) is 0. The van der Waals surface area contributed by atoms with Crippen LogP contribution in [-0.4, -0.2) is 29.3 Å². The lowest BCUT2D eigenvalue weighted by atomic mass is 10.2. The maximum absolute atomic E-state index is 6.11. The van der Waals surface area contributed by atoms with Gasteiger partial charge in [0.15, 0.2) is 16.6 Å². The quantitative estimate of drug-likeness (QED) is 0.422. The second-order valence-electron chi connectivity index (χ2n) is 7.75. The Morgan fingerprint density at radius 3 is 1.55 bits per heavy atom. The molecule has 0 aliphatic rings. The molecule has 0 amide bonds. The van der Waals surface area contributed by atoms with Gasteiger partial charge in [-0.1, -0.05) is 33.6 Å². The third-order valence-electron chi connectivity index (χ3n) is 2.58. The molecule has 0 aliphatic heterocycles. The van der Waals surface area contributed by atoms with Gasteiger partial charge in [-0.3, -0.25) is 0 Å². The number of hydrogen-bond acceptors (Lipinski definition) is 2. The molecule has 0 aromatic rings. The monoisotopic (exact) mass is 322 g/mol. The third kappa shape index (κ3) is 23.4. The molecule has 0 radical (unpaired) electrons. The second kappa shape index (κ2) is 11.0. The highest BCUT2D eigenvalue weighted by Gasteiger charge is 2.27. The van der Waals surface area contributed by atoms with Crippen molar-refractivity contribution >= 4 is 16.6 Å². The largest absolute Gasteiger partial charge is 0.421 e. The van der Waals surface area contributed by atoms with Crippen LogP contribution >= 0.6 is 0 Å². The zero-order chi connectivity index (χ0) is 15.7. The van der Waals surface area contributed by atoms with E-state index in [2.05, 4.69) is 60.4 Å². The van der Waals surface area contributed by atoms with E-state index in [1.165, 1.54) is 25.3 Å². The molecule has 0 aromatic carbocycles. The molecular formula is C16H42O2Si2. The third-order valence-corrected chi connectivity index (χ3v) is 6.52. The molecule has 0 aliphatic carbocycles. The number of unbranched alkanes of at least 4 members (excludes halogenated alkanes) is 2. The molecule has 20 heavy (non-hydrogen) atoms. The molecule has 0 rings (SSSR count). The molecule has 0 saturated heterocycles. The Labute approximate surface area is 131 Å². The predicted molar refractivity (Wildman–Crippen MR) is 99.7 cm³/mol. The fourth-order valence-corrected chi connectivity index (χ4v) is 4.54. The summed E-state index contributed by atoms with van der Waals surface area (Å²) >= 11 is 0. The summed E-state index contributed by atoms with van der Waals surface area (Å²) in [4.78, 5) is 0. The summed E-state index contributed by atoms with van der Waals surface area (Å²) in [5, 5.41) is 0. The highest BCUT2D eigenvalue weighted by Crippen LogP contribution is 2.22. The minimum atomic E-state index is -1.38. The van der Waals surface area contributed by atoms with Crippen LogP contribution in [0.2, 0.25) is 38.8 Å². The van der Waals surface area contributed by atoms with Crippen molar-refractivity contribution in [2.75, 3.05) is 7.11 Å². The minimum absolute atomic E-state index is 0. The average molecular weight is 323 g/mol. The van der Waals surface area contributed by atoms with Gasteiger partial charge in [-0.05, 0) is 59.6 Å². The maximum Gasteiger partial charge on any atom is 0.187 e. The van der Waals surface area contributed by atoms with E-state index in [4.69, 9.17) is 8.85 Å². The van der Waals surface area contributed by atoms with Crippen LogP contribution in [0.5, 0.6) is 0 Å². The fraction of sp³-hybridized carbons (Fsp3) is 1.00. The van der Waals surface area contributed by atoms with Crippen LogP contribution in [0.4, 0.5) is 0 Å². The summed E-state index contributed by atoms with van der Waals surface area (Å²) < 4.78 is 11.2. The normalized spacial score (nSPS) is 12.3. The van der Waals surface area contributed by atoms with Gasteiger partial charge in [0.05, 0.1) is 0 Å². The van der Waals surface area contributed by atoms with Crippen molar-refractivity contribution in [1.82, 2.24) is 0 Å². The summed E-state index contributed by atoms with van der Waals surface area (Å²) in [6, 6.07) is 1.30. The van der Waals surface area contributed by atoms with Crippen LogP contribution in [-0.2, 0) is 8.85 Å². The summed E-state index contributed by atoms with van der Waals surface area (Å²) in [6.45, 7) is 19.8. The van der Waals surface area contributed by atoms with Crippen molar-refractivity contribution in [3.05, 3.63) is 0 Å². The standard InChI is InChI=1S/C11H26OSi.C4H12OSi.CH4/c1-7-8-9-10-13(5,6)12-11(2,3)4;1-5-6(2,3)4;/h7-10H2,1-6H3;1-4H3;1H4. The van der Waals surface area contributed by atoms with Gasteiger partial charge in [-0.25, -0.2) is 0 Å². The molecule has 0 bridgehead atoms. The van der Waals surface area contributed by atoms with Crippen molar-refractivity contribution in [2.45, 2.75) is 98.8 Å². The molecular weight excluding hydrogens is 280 g/mol. The van der Waals surface area contributed by atoms with Crippen LogP contribution in [0.25, 0.3) is 0 Å². The Morgan fingerprint density at radius 1 is 0.900 bits per heavy atom. The smallest absolute Gasteiger partial charge is 0.187 e. The predicted octanol–water partition coefficient (Wildman–Crippen LogP) is 6.30. The highest BCUT2D eigenvalue weighted by molar-refractivity contribution is 6.71. The van der Waals surface area contributed by atoms with Gasteiger partial charge in [0.2, 0.25) is 0 Å². The van der Waals surface area contributed by atoms with Gasteiger partial charge >= 0.3 is 0 Å². The Hall–Kier alpha value is 0.354. The number of hydrogen-bond donors (Lipinski definition) is 0. The maximum atomic E-state index is 6.11. The van der Waals surface area contributed by atoms with Crippen LogP contribution in [0.15, 0.2) is 0 Å². The summed E-state index contributed by atoms with van der Waals surface area (Å²) in [5.41, 5.74) is 0.0436. The fourth-order valence-electron chi connectivity index (χ4n) is 1.68. The van der Waals surface area contributed by atoms with Crippen molar-refractivity contribution in [3.8, 4) is 0 Å². The van der Waals surface area contributed by atoms with E-state index in [-0.39, 0.29) is 13.0 Å². The minimum Gasteiger partial charge on any atom is -0.421 e. The van der Waals surface area contributed by atoms with E-state index >= 15 is 0 Å². The average Bonchev–Trinajstić information content (AvgIpc) is 2.14. The van der Waals surface area contributed by atoms with Crippen molar-refractivity contribution < 1.29 is 8.85 Å². The molecule has 0 heterocycles. The van der Waals surface area contributed by atoms with E-state index in [1.807, 2.05) is 0 Å². The SMILES string of the molecule is C.CCCCC[Si](C)(C)OC(C)(C)C.CO[Si](C)(C)C. The summed E-state index contributed by atoms with van der Waals surface area (Å²) in [7, 11) is -0.737. The highest BCUT2D eigenvalue weighted by atomic mass is 28.4. The molecule has 0 atom stereocenters. The molecule has 0 unspecified atom stereocenters. The number of rotatable bonds is 6. The molecule has 2 nitrogen and oxygen atoms in total. The van der Waals surface area contributed by atoms with Gasteiger partial charge in [0.25, 0.3) is 0 Å². The second-order valence-corrected chi connectivity index (χ2v) is 16.6. The van der Waals surface area contributed by atoms with E-state index in [0.717, 1.165) is 0 Å². The molecule has 0 fully saturated rings. The first-order valence-electron chi connectivity index (χ1n) is 7.58. The van der Waals surface area contributed by atoms with Gasteiger partial charge < -0.3 is 8.85 Å². The lowest BCUT2D eigenvalue weighted by molar-refractivity contribution is 0.120. The van der Waals surface area contributed by atoms with Gasteiger partial charge in [-0.2, -0.15) is 0 Å². The molecule has 0 aromatic heterocycles. The van der Waals surface area contributed by atoms with E-state index in [9.17, 15) is 0 Å². The molecule has 4 heteroatoms. The lowest BCUT2D eigenvalue weighted by Crippen LogP contribution is -2.38. The molecule has 0 N–H and O–H groups in total.